The second kappa shape index (κ2) is 4.14. The molecule has 0 aliphatic carbocycles. The molecule has 4 heteroatoms. The van der Waals surface area contributed by atoms with Crippen LogP contribution < -0.4 is 10.1 Å². The van der Waals surface area contributed by atoms with E-state index in [2.05, 4.69) is 5.32 Å². The van der Waals surface area contributed by atoms with Crippen LogP contribution in [0, 0.1) is 6.92 Å². The fourth-order valence-corrected chi connectivity index (χ4v) is 1.84. The van der Waals surface area contributed by atoms with Gasteiger partial charge in [-0.15, -0.1) is 0 Å². The van der Waals surface area contributed by atoms with Gasteiger partial charge in [-0.1, -0.05) is 12.1 Å². The molecule has 1 fully saturated rings. The van der Waals surface area contributed by atoms with E-state index in [1.165, 1.54) is 0 Å². The van der Waals surface area contributed by atoms with Gasteiger partial charge in [-0.25, -0.2) is 0 Å². The number of hydrogen-bond acceptors (Lipinski definition) is 3. The summed E-state index contributed by atoms with van der Waals surface area (Å²) in [5, 5.41) is 11.9. The van der Waals surface area contributed by atoms with Crippen molar-refractivity contribution in [3.8, 4) is 5.75 Å². The molecule has 1 heterocycles. The van der Waals surface area contributed by atoms with E-state index >= 15 is 0 Å². The number of hydrogen-bond donors (Lipinski definition) is 2. The summed E-state index contributed by atoms with van der Waals surface area (Å²) in [5.74, 6) is -0.0862. The van der Waals surface area contributed by atoms with Crippen LogP contribution in [0.2, 0.25) is 0 Å². The smallest absolute Gasteiger partial charge is 0.307 e. The Morgan fingerprint density at radius 3 is 2.81 bits per heavy atom. The average molecular weight is 221 g/mol. The summed E-state index contributed by atoms with van der Waals surface area (Å²) in [6.07, 6.45) is 0.0357. The lowest BCUT2D eigenvalue weighted by molar-refractivity contribution is -0.143. The minimum Gasteiger partial charge on any atom is -0.484 e. The summed E-state index contributed by atoms with van der Waals surface area (Å²) in [6.45, 7) is 3.16. The molecule has 1 aromatic carbocycles. The summed E-state index contributed by atoms with van der Waals surface area (Å²) >= 11 is 0. The molecule has 2 rings (SSSR count). The number of ether oxygens (including phenoxy) is 1. The highest BCUT2D eigenvalue weighted by Gasteiger charge is 2.41. The molecule has 2 N–H and O–H groups in total. The first kappa shape index (κ1) is 11.0. The van der Waals surface area contributed by atoms with Crippen LogP contribution in [0.3, 0.4) is 0 Å². The Balaban J connectivity index is 2.09. The number of aryl methyl sites for hydroxylation is 1. The van der Waals surface area contributed by atoms with Gasteiger partial charge >= 0.3 is 5.97 Å². The van der Waals surface area contributed by atoms with E-state index in [0.29, 0.717) is 13.1 Å². The minimum absolute atomic E-state index is 0.0357. The fourth-order valence-electron chi connectivity index (χ4n) is 1.84. The number of carboxylic acids is 1. The number of aliphatic carboxylic acids is 1. The Labute approximate surface area is 94.2 Å². The Hall–Kier alpha value is -1.55. The molecular formula is C12H15NO3. The molecule has 1 aromatic rings. The average Bonchev–Trinajstić information content (AvgIpc) is 2.13. The van der Waals surface area contributed by atoms with E-state index in [1.807, 2.05) is 31.2 Å². The number of carboxylic acid groups (broad SMARTS) is 1. The molecule has 4 nitrogen and oxygen atoms in total. The highest BCUT2D eigenvalue weighted by atomic mass is 16.5. The van der Waals surface area contributed by atoms with Crippen molar-refractivity contribution in [3.05, 3.63) is 29.8 Å². The highest BCUT2D eigenvalue weighted by Crippen LogP contribution is 2.25. The zero-order valence-corrected chi connectivity index (χ0v) is 9.19. The summed E-state index contributed by atoms with van der Waals surface area (Å²) in [7, 11) is 0. The van der Waals surface area contributed by atoms with E-state index in [-0.39, 0.29) is 6.42 Å². The molecule has 0 atom stereocenters. The monoisotopic (exact) mass is 221 g/mol. The van der Waals surface area contributed by atoms with Gasteiger partial charge in [-0.3, -0.25) is 4.79 Å². The SMILES string of the molecule is Cc1cccc(OC2(CC(=O)O)CNC2)c1. The predicted molar refractivity (Wildman–Crippen MR) is 59.7 cm³/mol. The lowest BCUT2D eigenvalue weighted by Gasteiger charge is -2.41. The Morgan fingerprint density at radius 2 is 2.31 bits per heavy atom. The molecule has 16 heavy (non-hydrogen) atoms. The summed E-state index contributed by atoms with van der Waals surface area (Å²) in [6, 6.07) is 7.66. The topological polar surface area (TPSA) is 58.6 Å². The summed E-state index contributed by atoms with van der Waals surface area (Å²) < 4.78 is 5.79. The molecule has 1 aliphatic heterocycles. The lowest BCUT2D eigenvalue weighted by Crippen LogP contribution is -2.64. The molecule has 0 aromatic heterocycles. The van der Waals surface area contributed by atoms with Crippen LogP contribution in [-0.4, -0.2) is 29.8 Å². The Morgan fingerprint density at radius 1 is 1.56 bits per heavy atom. The third-order valence-electron chi connectivity index (χ3n) is 2.69. The Kier molecular flexibility index (Phi) is 2.83. The van der Waals surface area contributed by atoms with Crippen molar-refractivity contribution in [2.24, 2.45) is 0 Å². The standard InChI is InChI=1S/C12H15NO3/c1-9-3-2-4-10(5-9)16-12(6-11(14)15)7-13-8-12/h2-5,13H,6-8H2,1H3,(H,14,15). The van der Waals surface area contributed by atoms with Crippen molar-refractivity contribution in [1.29, 1.82) is 0 Å². The third kappa shape index (κ3) is 2.33. The molecule has 0 amide bonds. The van der Waals surface area contributed by atoms with Gasteiger partial charge in [0.05, 0.1) is 6.42 Å². The highest BCUT2D eigenvalue weighted by molar-refractivity contribution is 5.68. The normalized spacial score (nSPS) is 17.6. The van der Waals surface area contributed by atoms with Gasteiger partial charge < -0.3 is 15.2 Å². The van der Waals surface area contributed by atoms with E-state index in [4.69, 9.17) is 9.84 Å². The lowest BCUT2D eigenvalue weighted by atomic mass is 9.92. The quantitative estimate of drug-likeness (QED) is 0.801. The van der Waals surface area contributed by atoms with Gasteiger partial charge in [-0.05, 0) is 24.6 Å². The van der Waals surface area contributed by atoms with E-state index < -0.39 is 11.6 Å². The molecular weight excluding hydrogens is 206 g/mol. The maximum absolute atomic E-state index is 10.8. The second-order valence-corrected chi connectivity index (χ2v) is 4.28. The third-order valence-corrected chi connectivity index (χ3v) is 2.69. The van der Waals surface area contributed by atoms with Gasteiger partial charge in [0.25, 0.3) is 0 Å². The van der Waals surface area contributed by atoms with E-state index in [0.717, 1.165) is 11.3 Å². The van der Waals surface area contributed by atoms with Gasteiger partial charge in [-0.2, -0.15) is 0 Å². The first-order valence-electron chi connectivity index (χ1n) is 5.28. The maximum Gasteiger partial charge on any atom is 0.307 e. The fraction of sp³-hybridized carbons (Fsp3) is 0.417. The van der Waals surface area contributed by atoms with Crippen molar-refractivity contribution < 1.29 is 14.6 Å². The van der Waals surface area contributed by atoms with Gasteiger partial charge in [0, 0.05) is 13.1 Å². The number of benzene rings is 1. The van der Waals surface area contributed by atoms with Crippen LogP contribution in [0.5, 0.6) is 5.75 Å². The van der Waals surface area contributed by atoms with Crippen LogP contribution in [-0.2, 0) is 4.79 Å². The number of carbonyl (C=O) groups is 1. The number of rotatable bonds is 4. The maximum atomic E-state index is 10.8. The van der Waals surface area contributed by atoms with E-state index in [1.54, 1.807) is 0 Å². The molecule has 0 saturated carbocycles. The van der Waals surface area contributed by atoms with Crippen LogP contribution in [0.4, 0.5) is 0 Å². The van der Waals surface area contributed by atoms with E-state index in [9.17, 15) is 4.79 Å². The van der Waals surface area contributed by atoms with Gasteiger partial charge in [0.2, 0.25) is 0 Å². The molecule has 1 aliphatic rings. The predicted octanol–water partition coefficient (Wildman–Crippen LogP) is 1.19. The van der Waals surface area contributed by atoms with Crippen molar-refractivity contribution >= 4 is 5.97 Å². The Bertz CT molecular complexity index is 399. The van der Waals surface area contributed by atoms with Crippen molar-refractivity contribution in [2.45, 2.75) is 18.9 Å². The van der Waals surface area contributed by atoms with Crippen LogP contribution in [0.15, 0.2) is 24.3 Å². The first-order valence-corrected chi connectivity index (χ1v) is 5.28. The number of nitrogens with one attached hydrogen (secondary N) is 1. The first-order chi connectivity index (χ1) is 7.60. The molecule has 0 spiro atoms. The second-order valence-electron chi connectivity index (χ2n) is 4.28. The van der Waals surface area contributed by atoms with Crippen molar-refractivity contribution in [2.75, 3.05) is 13.1 Å². The van der Waals surface area contributed by atoms with Crippen molar-refractivity contribution in [3.63, 3.8) is 0 Å². The largest absolute Gasteiger partial charge is 0.484 e. The summed E-state index contributed by atoms with van der Waals surface area (Å²) in [4.78, 5) is 10.8. The van der Waals surface area contributed by atoms with Crippen LogP contribution in [0.1, 0.15) is 12.0 Å². The summed E-state index contributed by atoms with van der Waals surface area (Å²) in [5.41, 5.74) is 0.537. The molecule has 1 saturated heterocycles. The van der Waals surface area contributed by atoms with Gasteiger partial charge in [0.15, 0.2) is 0 Å². The minimum atomic E-state index is -0.825. The van der Waals surface area contributed by atoms with Crippen LogP contribution in [0.25, 0.3) is 0 Å². The zero-order chi connectivity index (χ0) is 11.6. The van der Waals surface area contributed by atoms with Gasteiger partial charge in [0.1, 0.15) is 11.4 Å². The molecule has 0 radical (unpaired) electrons. The zero-order valence-electron chi connectivity index (χ0n) is 9.19. The molecule has 0 bridgehead atoms. The van der Waals surface area contributed by atoms with Crippen LogP contribution >= 0.6 is 0 Å². The molecule has 86 valence electrons. The van der Waals surface area contributed by atoms with Crippen molar-refractivity contribution in [1.82, 2.24) is 5.32 Å². The molecule has 0 unspecified atom stereocenters.